The molecule has 0 aromatic heterocycles. The molecule has 1 aliphatic heterocycles. The number of carboxylic acid groups (broad SMARTS) is 1. The van der Waals surface area contributed by atoms with Crippen molar-refractivity contribution in [2.24, 2.45) is 0 Å². The van der Waals surface area contributed by atoms with Gasteiger partial charge < -0.3 is 26.8 Å². The number of carbonyl (C=O) groups excluding carboxylic acids is 3. The van der Waals surface area contributed by atoms with Crippen LogP contribution in [0, 0.1) is 13.8 Å². The molecule has 0 saturated carbocycles. The monoisotopic (exact) mass is 489 g/mol. The molecule has 3 amide bonds. The van der Waals surface area contributed by atoms with Crippen molar-refractivity contribution < 1.29 is 60.0 Å². The summed E-state index contributed by atoms with van der Waals surface area (Å²) in [7, 11) is 2.98. The van der Waals surface area contributed by atoms with Gasteiger partial charge in [0.2, 0.25) is 0 Å². The minimum absolute atomic E-state index is 0. The van der Waals surface area contributed by atoms with Gasteiger partial charge in [-0.25, -0.2) is 4.79 Å². The van der Waals surface area contributed by atoms with Crippen LogP contribution in [0.25, 0.3) is 11.1 Å². The molecule has 2 aromatic rings. The Morgan fingerprint density at radius 3 is 2.49 bits per heavy atom. The zero-order chi connectivity index (χ0) is 25.0. The molecular formula is C25H28N3NaO6. The Labute approximate surface area is 227 Å². The number of carboxylic acids is 1. The molecule has 1 heterocycles. The molecule has 3 N–H and O–H groups in total. The van der Waals surface area contributed by atoms with Crippen molar-refractivity contribution in [3.8, 4) is 16.9 Å². The van der Waals surface area contributed by atoms with E-state index in [2.05, 4.69) is 10.6 Å². The van der Waals surface area contributed by atoms with Crippen LogP contribution in [0.5, 0.6) is 5.75 Å². The molecule has 2 aromatic carbocycles. The summed E-state index contributed by atoms with van der Waals surface area (Å²) in [6.07, 6.45) is 2.10. The summed E-state index contributed by atoms with van der Waals surface area (Å²) in [6, 6.07) is 8.14. The second kappa shape index (κ2) is 12.0. The molecule has 9 nitrogen and oxygen atoms in total. The van der Waals surface area contributed by atoms with Crippen molar-refractivity contribution in [3.63, 3.8) is 0 Å². The molecule has 35 heavy (non-hydrogen) atoms. The van der Waals surface area contributed by atoms with Gasteiger partial charge in [0, 0.05) is 19.3 Å². The van der Waals surface area contributed by atoms with Crippen molar-refractivity contribution in [2.45, 2.75) is 32.4 Å². The Balaban J connectivity index is 0.00000324. The van der Waals surface area contributed by atoms with Gasteiger partial charge in [0.25, 0.3) is 5.91 Å². The van der Waals surface area contributed by atoms with Gasteiger partial charge >= 0.3 is 41.6 Å². The standard InChI is InChI=1S/C25H27N3O6.Na.H/c1-14-7-5-6-8-17(14)18-11-16(34-4)12-19(15(18)2)20(13-22(30)31)26-25(33)27-23-21(29)9-10-28(3)24(23)32;;/h5-12,20,23H,13H2,1-4H3,(H,30,31)(H2,26,27,33);;/q;+1;-1. The maximum Gasteiger partial charge on any atom is 1.00 e. The molecule has 1 aliphatic rings. The second-order valence-corrected chi connectivity index (χ2v) is 8.07. The van der Waals surface area contributed by atoms with Crippen LogP contribution in [0.15, 0.2) is 48.7 Å². The molecular weight excluding hydrogens is 461 g/mol. The van der Waals surface area contributed by atoms with Gasteiger partial charge in [-0.2, -0.15) is 0 Å². The third kappa shape index (κ3) is 6.50. The molecule has 0 saturated heterocycles. The summed E-state index contributed by atoms with van der Waals surface area (Å²) >= 11 is 0. The predicted octanol–water partition coefficient (Wildman–Crippen LogP) is -0.166. The first-order valence-electron chi connectivity index (χ1n) is 10.6. The topological polar surface area (TPSA) is 125 Å². The van der Waals surface area contributed by atoms with Crippen LogP contribution in [0.2, 0.25) is 0 Å². The number of likely N-dealkylation sites (N-methyl/N-ethyl adjacent to an activating group) is 1. The molecule has 0 aliphatic carbocycles. The molecule has 0 spiro atoms. The van der Waals surface area contributed by atoms with E-state index in [1.165, 1.54) is 31.3 Å². The van der Waals surface area contributed by atoms with Gasteiger partial charge in [0.05, 0.1) is 19.6 Å². The smallest absolute Gasteiger partial charge is 1.00 e. The Morgan fingerprint density at radius 2 is 1.86 bits per heavy atom. The Bertz CT molecular complexity index is 1190. The predicted molar refractivity (Wildman–Crippen MR) is 126 cm³/mol. The van der Waals surface area contributed by atoms with Crippen molar-refractivity contribution in [1.29, 1.82) is 0 Å². The molecule has 2 atom stereocenters. The van der Waals surface area contributed by atoms with Crippen LogP contribution < -0.4 is 44.9 Å². The molecule has 2 unspecified atom stereocenters. The van der Waals surface area contributed by atoms with Gasteiger partial charge in [-0.05, 0) is 53.8 Å². The summed E-state index contributed by atoms with van der Waals surface area (Å²) in [5.74, 6) is -1.78. The van der Waals surface area contributed by atoms with E-state index < -0.39 is 42.2 Å². The number of hydrogen-bond donors (Lipinski definition) is 3. The molecule has 10 heteroatoms. The fourth-order valence-electron chi connectivity index (χ4n) is 3.90. The van der Waals surface area contributed by atoms with E-state index in [9.17, 15) is 24.3 Å². The van der Waals surface area contributed by atoms with Gasteiger partial charge in [0.15, 0.2) is 11.8 Å². The number of aryl methyl sites for hydroxylation is 1. The van der Waals surface area contributed by atoms with E-state index in [0.717, 1.165) is 22.3 Å². The van der Waals surface area contributed by atoms with Crippen LogP contribution in [0.3, 0.4) is 0 Å². The van der Waals surface area contributed by atoms with Gasteiger partial charge in [0.1, 0.15) is 5.75 Å². The Hall–Kier alpha value is -3.14. The van der Waals surface area contributed by atoms with Gasteiger partial charge in [-0.15, -0.1) is 0 Å². The van der Waals surface area contributed by atoms with E-state index in [-0.39, 0.29) is 31.0 Å². The van der Waals surface area contributed by atoms with E-state index in [4.69, 9.17) is 4.74 Å². The van der Waals surface area contributed by atoms with Gasteiger partial charge in [-0.3, -0.25) is 14.4 Å². The minimum Gasteiger partial charge on any atom is -1.00 e. The summed E-state index contributed by atoms with van der Waals surface area (Å²) in [4.78, 5) is 50.0. The fourth-order valence-corrected chi connectivity index (χ4v) is 3.90. The molecule has 0 radical (unpaired) electrons. The first-order chi connectivity index (χ1) is 16.1. The number of rotatable bonds is 7. The van der Waals surface area contributed by atoms with Gasteiger partial charge in [-0.1, -0.05) is 24.3 Å². The third-order valence-electron chi connectivity index (χ3n) is 5.77. The van der Waals surface area contributed by atoms with E-state index in [0.29, 0.717) is 11.3 Å². The maximum absolute atomic E-state index is 12.8. The molecule has 3 rings (SSSR count). The summed E-state index contributed by atoms with van der Waals surface area (Å²) < 4.78 is 5.46. The number of urea groups is 1. The normalized spacial score (nSPS) is 15.8. The number of carbonyl (C=O) groups is 4. The van der Waals surface area contributed by atoms with E-state index in [1.54, 1.807) is 6.07 Å². The van der Waals surface area contributed by atoms with Crippen molar-refractivity contribution >= 4 is 23.7 Å². The molecule has 0 bridgehead atoms. The first kappa shape index (κ1) is 28.1. The average molecular weight is 490 g/mol. The second-order valence-electron chi connectivity index (χ2n) is 8.07. The molecule has 0 fully saturated rings. The zero-order valence-corrected chi connectivity index (χ0v) is 22.4. The zero-order valence-electron chi connectivity index (χ0n) is 21.4. The van der Waals surface area contributed by atoms with Crippen molar-refractivity contribution in [2.75, 3.05) is 14.2 Å². The van der Waals surface area contributed by atoms with Crippen molar-refractivity contribution in [3.05, 3.63) is 65.4 Å². The number of ether oxygens (including phenoxy) is 1. The number of benzene rings is 2. The Morgan fingerprint density at radius 1 is 1.17 bits per heavy atom. The summed E-state index contributed by atoms with van der Waals surface area (Å²) in [5.41, 5.74) is 4.14. The largest absolute Gasteiger partial charge is 1.00 e. The summed E-state index contributed by atoms with van der Waals surface area (Å²) in [6.45, 7) is 3.82. The fraction of sp³-hybridized carbons (Fsp3) is 0.280. The minimum atomic E-state index is -1.38. The van der Waals surface area contributed by atoms with E-state index >= 15 is 0 Å². The van der Waals surface area contributed by atoms with Crippen LogP contribution in [-0.4, -0.2) is 53.9 Å². The van der Waals surface area contributed by atoms with Crippen LogP contribution in [0.4, 0.5) is 4.79 Å². The van der Waals surface area contributed by atoms with E-state index in [1.807, 2.05) is 44.2 Å². The van der Waals surface area contributed by atoms with Crippen LogP contribution in [-0.2, 0) is 14.4 Å². The third-order valence-corrected chi connectivity index (χ3v) is 5.77. The number of ketones is 1. The number of hydrogen-bond acceptors (Lipinski definition) is 5. The average Bonchev–Trinajstić information content (AvgIpc) is 2.79. The van der Waals surface area contributed by atoms with Crippen LogP contribution >= 0.6 is 0 Å². The number of amides is 3. The van der Waals surface area contributed by atoms with Crippen molar-refractivity contribution in [1.82, 2.24) is 15.5 Å². The van der Waals surface area contributed by atoms with Crippen LogP contribution in [0.1, 0.15) is 30.6 Å². The first-order valence-corrected chi connectivity index (χ1v) is 10.6. The number of nitrogens with one attached hydrogen (secondary N) is 2. The number of methoxy groups -OCH3 is 1. The number of nitrogens with zero attached hydrogens (tertiary/aromatic N) is 1. The quantitative estimate of drug-likeness (QED) is 0.367. The summed E-state index contributed by atoms with van der Waals surface area (Å²) in [5, 5.41) is 14.5. The SMILES string of the molecule is COc1cc(-c2ccccc2C)c(C)c(C(CC(=O)O)NC(=O)NC2C(=O)C=CN(C)C2=O)c1.[H-].[Na+]. The molecule has 180 valence electrons. The Kier molecular flexibility index (Phi) is 9.64. The maximum atomic E-state index is 12.8. The number of aliphatic carboxylic acids is 1.